The zero-order chi connectivity index (χ0) is 21.3. The van der Waals surface area contributed by atoms with Crippen molar-refractivity contribution in [3.63, 3.8) is 0 Å². The molecule has 1 heterocycles. The van der Waals surface area contributed by atoms with Crippen LogP contribution in [0.1, 0.15) is 35.3 Å². The van der Waals surface area contributed by atoms with Crippen LogP contribution in [-0.2, 0) is 5.54 Å². The van der Waals surface area contributed by atoms with E-state index in [-0.39, 0.29) is 12.1 Å². The molecule has 0 aliphatic carbocycles. The summed E-state index contributed by atoms with van der Waals surface area (Å²) in [6, 6.07) is 42.3. The van der Waals surface area contributed by atoms with Gasteiger partial charge in [-0.2, -0.15) is 0 Å². The fraction of sp³-hybridized carbons (Fsp3) is 0.172. The third kappa shape index (κ3) is 3.29. The first kappa shape index (κ1) is 19.7. The molecule has 5 rings (SSSR count). The van der Waals surface area contributed by atoms with Crippen molar-refractivity contribution in [3.05, 3.63) is 144 Å². The molecule has 0 spiro atoms. The largest absolute Gasteiger partial charge is 0.387 e. The molecule has 0 amide bonds. The van der Waals surface area contributed by atoms with Crippen LogP contribution in [-0.4, -0.2) is 22.1 Å². The van der Waals surface area contributed by atoms with E-state index in [1.165, 1.54) is 16.7 Å². The number of hydrogen-bond donors (Lipinski definition) is 1. The molecule has 1 saturated heterocycles. The highest BCUT2D eigenvalue weighted by molar-refractivity contribution is 5.52. The Balaban J connectivity index is 1.72. The van der Waals surface area contributed by atoms with Crippen molar-refractivity contribution in [2.45, 2.75) is 30.7 Å². The van der Waals surface area contributed by atoms with Gasteiger partial charge >= 0.3 is 0 Å². The van der Waals surface area contributed by atoms with Crippen LogP contribution < -0.4 is 0 Å². The Bertz CT molecular complexity index is 1020. The molecule has 1 fully saturated rings. The topological polar surface area (TPSA) is 23.2 Å². The normalized spacial score (nSPS) is 21.4. The highest BCUT2D eigenvalue weighted by Crippen LogP contribution is 2.54. The summed E-state index contributed by atoms with van der Waals surface area (Å²) in [4.78, 5) is 2.48. The van der Waals surface area contributed by atoms with Crippen molar-refractivity contribution in [3.8, 4) is 0 Å². The Morgan fingerprint density at radius 2 is 0.968 bits per heavy atom. The number of hydrogen-bond acceptors (Lipinski definition) is 2. The van der Waals surface area contributed by atoms with Gasteiger partial charge in [0.15, 0.2) is 0 Å². The molecule has 31 heavy (non-hydrogen) atoms. The summed E-state index contributed by atoms with van der Waals surface area (Å²) >= 11 is 0. The molecule has 4 atom stereocenters. The van der Waals surface area contributed by atoms with Crippen LogP contribution in [0.5, 0.6) is 0 Å². The van der Waals surface area contributed by atoms with Crippen LogP contribution in [0.15, 0.2) is 121 Å². The smallest absolute Gasteiger partial charge is 0.0979 e. The quantitative estimate of drug-likeness (QED) is 0.324. The van der Waals surface area contributed by atoms with E-state index < -0.39 is 11.6 Å². The van der Waals surface area contributed by atoms with Crippen LogP contribution in [0.25, 0.3) is 0 Å². The highest BCUT2D eigenvalue weighted by atomic mass is 16.3. The van der Waals surface area contributed by atoms with Crippen LogP contribution in [0, 0.1) is 0 Å². The zero-order valence-corrected chi connectivity index (χ0v) is 17.7. The summed E-state index contributed by atoms with van der Waals surface area (Å²) in [6.45, 7) is 2.22. The van der Waals surface area contributed by atoms with Crippen molar-refractivity contribution in [2.75, 3.05) is 0 Å². The molecule has 4 aromatic rings. The Kier molecular flexibility index (Phi) is 5.19. The Morgan fingerprint density at radius 3 is 1.35 bits per heavy atom. The van der Waals surface area contributed by atoms with Gasteiger partial charge in [-0.05, 0) is 29.2 Å². The molecule has 2 unspecified atom stereocenters. The Labute approximate surface area is 184 Å². The van der Waals surface area contributed by atoms with Gasteiger partial charge in [0, 0.05) is 6.04 Å². The van der Waals surface area contributed by atoms with Crippen LogP contribution in [0.4, 0.5) is 0 Å². The van der Waals surface area contributed by atoms with Gasteiger partial charge in [-0.15, -0.1) is 0 Å². The molecule has 0 aromatic heterocycles. The van der Waals surface area contributed by atoms with Crippen molar-refractivity contribution in [2.24, 2.45) is 0 Å². The number of aliphatic hydroxyl groups excluding tert-OH is 1. The average molecular weight is 406 g/mol. The van der Waals surface area contributed by atoms with Gasteiger partial charge in [0.25, 0.3) is 0 Å². The molecule has 1 N–H and O–H groups in total. The van der Waals surface area contributed by atoms with E-state index in [0.29, 0.717) is 0 Å². The number of benzene rings is 4. The van der Waals surface area contributed by atoms with Crippen LogP contribution >= 0.6 is 0 Å². The van der Waals surface area contributed by atoms with Crippen LogP contribution in [0.2, 0.25) is 0 Å². The highest BCUT2D eigenvalue weighted by Gasteiger charge is 2.60. The number of aliphatic hydroxyl groups is 1. The minimum Gasteiger partial charge on any atom is -0.387 e. The molecule has 0 bridgehead atoms. The third-order valence-electron chi connectivity index (χ3n) is 6.59. The van der Waals surface area contributed by atoms with Gasteiger partial charge in [0.2, 0.25) is 0 Å². The molecular weight excluding hydrogens is 378 g/mol. The zero-order valence-electron chi connectivity index (χ0n) is 17.7. The van der Waals surface area contributed by atoms with Crippen molar-refractivity contribution in [1.82, 2.24) is 4.90 Å². The molecule has 2 heteroatoms. The van der Waals surface area contributed by atoms with E-state index in [0.717, 1.165) is 5.56 Å². The SMILES string of the molecule is C[C@H]1[C@@H](C(O)c2ccccc2)N1C(c1ccccc1)(c1ccccc1)c1ccccc1. The molecule has 4 aromatic carbocycles. The fourth-order valence-electron chi connectivity index (χ4n) is 5.15. The maximum Gasteiger partial charge on any atom is 0.0979 e. The summed E-state index contributed by atoms with van der Waals surface area (Å²) in [5.74, 6) is 0. The van der Waals surface area contributed by atoms with Crippen molar-refractivity contribution < 1.29 is 5.11 Å². The predicted molar refractivity (Wildman–Crippen MR) is 126 cm³/mol. The summed E-state index contributed by atoms with van der Waals surface area (Å²) in [5, 5.41) is 11.4. The molecule has 0 saturated carbocycles. The predicted octanol–water partition coefficient (Wildman–Crippen LogP) is 5.78. The fourth-order valence-corrected chi connectivity index (χ4v) is 5.15. The summed E-state index contributed by atoms with van der Waals surface area (Å²) in [6.07, 6.45) is -0.549. The Hall–Kier alpha value is -3.20. The average Bonchev–Trinajstić information content (AvgIpc) is 3.52. The van der Waals surface area contributed by atoms with Gasteiger partial charge in [0.1, 0.15) is 0 Å². The van der Waals surface area contributed by atoms with Crippen molar-refractivity contribution >= 4 is 0 Å². The number of nitrogens with zero attached hydrogens (tertiary/aromatic N) is 1. The first-order valence-electron chi connectivity index (χ1n) is 10.9. The lowest BCUT2D eigenvalue weighted by Gasteiger charge is -2.39. The van der Waals surface area contributed by atoms with E-state index >= 15 is 0 Å². The third-order valence-corrected chi connectivity index (χ3v) is 6.59. The van der Waals surface area contributed by atoms with Gasteiger partial charge in [-0.1, -0.05) is 121 Å². The van der Waals surface area contributed by atoms with E-state index in [2.05, 4.69) is 103 Å². The van der Waals surface area contributed by atoms with Gasteiger partial charge in [-0.3, -0.25) is 4.90 Å². The van der Waals surface area contributed by atoms with Gasteiger partial charge in [0.05, 0.1) is 17.7 Å². The monoisotopic (exact) mass is 405 g/mol. The standard InChI is InChI=1S/C29H27NO/c1-22-27(28(31)23-14-6-2-7-15-23)30(22)29(24-16-8-3-9-17-24,25-18-10-4-11-19-25)26-20-12-5-13-21-26/h2-22,27-28,31H,1H3/t22-,27-,28?,30?/m0/s1. The second-order valence-corrected chi connectivity index (χ2v) is 8.30. The maximum atomic E-state index is 11.4. The van der Waals surface area contributed by atoms with Crippen LogP contribution in [0.3, 0.4) is 0 Å². The van der Waals surface area contributed by atoms with E-state index in [9.17, 15) is 5.11 Å². The lowest BCUT2D eigenvalue weighted by atomic mass is 9.76. The molecule has 2 nitrogen and oxygen atoms in total. The lowest BCUT2D eigenvalue weighted by Crippen LogP contribution is -2.40. The summed E-state index contributed by atoms with van der Waals surface area (Å²) < 4.78 is 0. The second-order valence-electron chi connectivity index (χ2n) is 8.30. The summed E-state index contributed by atoms with van der Waals surface area (Å²) in [7, 11) is 0. The van der Waals surface area contributed by atoms with Crippen molar-refractivity contribution in [1.29, 1.82) is 0 Å². The van der Waals surface area contributed by atoms with E-state index in [1.54, 1.807) is 0 Å². The van der Waals surface area contributed by atoms with E-state index in [1.807, 2.05) is 30.3 Å². The first-order valence-corrected chi connectivity index (χ1v) is 10.9. The maximum absolute atomic E-state index is 11.4. The molecule has 0 radical (unpaired) electrons. The molecule has 1 aliphatic heterocycles. The first-order chi connectivity index (χ1) is 15.2. The molecular formula is C29H27NO. The Morgan fingerprint density at radius 1 is 0.613 bits per heavy atom. The molecule has 154 valence electrons. The van der Waals surface area contributed by atoms with Gasteiger partial charge < -0.3 is 5.11 Å². The van der Waals surface area contributed by atoms with E-state index in [4.69, 9.17) is 0 Å². The molecule has 1 aliphatic rings. The minimum atomic E-state index is -0.549. The van der Waals surface area contributed by atoms with Gasteiger partial charge in [-0.25, -0.2) is 0 Å². The summed E-state index contributed by atoms with van der Waals surface area (Å²) in [5.41, 5.74) is 4.11. The lowest BCUT2D eigenvalue weighted by molar-refractivity contribution is 0.142. The second kappa shape index (κ2) is 8.14. The number of rotatable bonds is 6. The minimum absolute atomic E-state index is 0.0167.